The maximum atomic E-state index is 11.4. The van der Waals surface area contributed by atoms with Crippen LogP contribution in [-0.4, -0.2) is 56.9 Å². The minimum Gasteiger partial charge on any atom is -0.395 e. The van der Waals surface area contributed by atoms with Crippen LogP contribution in [0.1, 0.15) is 6.92 Å². The number of nitrogens with one attached hydrogen (secondary N) is 1. The van der Waals surface area contributed by atoms with Gasteiger partial charge in [-0.05, 0) is 6.54 Å². The molecule has 0 unspecified atom stereocenters. The zero-order valence-corrected chi connectivity index (χ0v) is 8.97. The lowest BCUT2D eigenvalue weighted by atomic mass is 10.7. The van der Waals surface area contributed by atoms with Gasteiger partial charge in [-0.2, -0.15) is 0 Å². The van der Waals surface area contributed by atoms with E-state index in [9.17, 15) is 8.42 Å². The van der Waals surface area contributed by atoms with Crippen molar-refractivity contribution >= 4 is 10.0 Å². The maximum Gasteiger partial charge on any atom is 0.215 e. The van der Waals surface area contributed by atoms with Gasteiger partial charge in [0.05, 0.1) is 12.4 Å². The van der Waals surface area contributed by atoms with E-state index < -0.39 is 10.0 Å². The summed E-state index contributed by atoms with van der Waals surface area (Å²) in [6.45, 7) is 3.16. The van der Waals surface area contributed by atoms with Gasteiger partial charge in [0.25, 0.3) is 0 Å². The molecular weight excluding hydrogens is 192 g/mol. The molecule has 0 saturated heterocycles. The van der Waals surface area contributed by atoms with E-state index in [0.717, 1.165) is 6.54 Å². The Bertz CT molecular complexity index is 216. The van der Waals surface area contributed by atoms with Crippen molar-refractivity contribution in [1.82, 2.24) is 9.62 Å². The molecule has 0 spiro atoms. The molecule has 0 aliphatic carbocycles. The van der Waals surface area contributed by atoms with E-state index in [0.29, 0.717) is 6.54 Å². The molecule has 0 atom stereocenters. The van der Waals surface area contributed by atoms with Gasteiger partial charge in [-0.1, -0.05) is 6.92 Å². The van der Waals surface area contributed by atoms with Crippen LogP contribution < -0.4 is 5.32 Å². The standard InChI is InChI=1S/C7H18N2O3S/c1-3-8-4-7-13(11,12)9(2)5-6-10/h8,10H,3-7H2,1-2H3. The quantitative estimate of drug-likeness (QED) is 0.521. The summed E-state index contributed by atoms with van der Waals surface area (Å²) in [6.07, 6.45) is 0. The van der Waals surface area contributed by atoms with Gasteiger partial charge in [-0.15, -0.1) is 0 Å². The SMILES string of the molecule is CCNCCS(=O)(=O)N(C)CCO. The molecule has 0 saturated carbocycles. The minimum absolute atomic E-state index is 0.0807. The molecule has 0 heterocycles. The molecule has 0 amide bonds. The summed E-state index contributed by atoms with van der Waals surface area (Å²) in [6, 6.07) is 0. The van der Waals surface area contributed by atoms with Crippen molar-refractivity contribution < 1.29 is 13.5 Å². The van der Waals surface area contributed by atoms with E-state index in [1.807, 2.05) is 6.92 Å². The van der Waals surface area contributed by atoms with Gasteiger partial charge < -0.3 is 10.4 Å². The average Bonchev–Trinajstić information content (AvgIpc) is 2.05. The summed E-state index contributed by atoms with van der Waals surface area (Å²) in [5, 5.41) is 11.5. The summed E-state index contributed by atoms with van der Waals surface area (Å²) >= 11 is 0. The van der Waals surface area contributed by atoms with Crippen LogP contribution in [0.15, 0.2) is 0 Å². The van der Waals surface area contributed by atoms with Crippen LogP contribution in [0, 0.1) is 0 Å². The molecule has 0 fully saturated rings. The highest BCUT2D eigenvalue weighted by molar-refractivity contribution is 7.89. The Kier molecular flexibility index (Phi) is 6.23. The Hall–Kier alpha value is -0.170. The lowest BCUT2D eigenvalue weighted by molar-refractivity contribution is 0.266. The Labute approximate surface area is 79.8 Å². The fraction of sp³-hybridized carbons (Fsp3) is 1.00. The lowest BCUT2D eigenvalue weighted by Gasteiger charge is -2.15. The number of nitrogens with zero attached hydrogens (tertiary/aromatic N) is 1. The first-order valence-corrected chi connectivity index (χ1v) is 5.91. The smallest absolute Gasteiger partial charge is 0.215 e. The number of sulfonamides is 1. The molecule has 0 aliphatic rings. The second-order valence-electron chi connectivity index (χ2n) is 2.71. The van der Waals surface area contributed by atoms with E-state index in [2.05, 4.69) is 5.32 Å². The van der Waals surface area contributed by atoms with E-state index in [1.165, 1.54) is 11.4 Å². The Morgan fingerprint density at radius 3 is 2.54 bits per heavy atom. The van der Waals surface area contributed by atoms with Gasteiger partial charge in [0.1, 0.15) is 0 Å². The molecule has 0 bridgehead atoms. The topological polar surface area (TPSA) is 69.6 Å². The van der Waals surface area contributed by atoms with Gasteiger partial charge in [0.2, 0.25) is 10.0 Å². The van der Waals surface area contributed by atoms with Crippen molar-refractivity contribution in [3.63, 3.8) is 0 Å². The molecule has 6 heteroatoms. The van der Waals surface area contributed by atoms with Crippen molar-refractivity contribution in [2.24, 2.45) is 0 Å². The van der Waals surface area contributed by atoms with Gasteiger partial charge in [0.15, 0.2) is 0 Å². The van der Waals surface area contributed by atoms with Crippen LogP contribution in [0.2, 0.25) is 0 Å². The Morgan fingerprint density at radius 1 is 1.46 bits per heavy atom. The molecular formula is C7H18N2O3S. The first-order valence-electron chi connectivity index (χ1n) is 4.30. The number of aliphatic hydroxyl groups is 1. The number of hydrogen-bond donors (Lipinski definition) is 2. The van der Waals surface area contributed by atoms with Crippen LogP contribution in [0.3, 0.4) is 0 Å². The van der Waals surface area contributed by atoms with Crippen molar-refractivity contribution in [3.05, 3.63) is 0 Å². The van der Waals surface area contributed by atoms with Crippen LogP contribution in [0.4, 0.5) is 0 Å². The summed E-state index contributed by atoms with van der Waals surface area (Å²) in [7, 11) is -1.71. The second-order valence-corrected chi connectivity index (χ2v) is 4.91. The molecule has 0 radical (unpaired) electrons. The van der Waals surface area contributed by atoms with E-state index in [-0.39, 0.29) is 18.9 Å². The highest BCUT2D eigenvalue weighted by Crippen LogP contribution is 1.95. The first kappa shape index (κ1) is 12.8. The molecule has 5 nitrogen and oxygen atoms in total. The molecule has 80 valence electrons. The van der Waals surface area contributed by atoms with Crippen LogP contribution >= 0.6 is 0 Å². The largest absolute Gasteiger partial charge is 0.395 e. The van der Waals surface area contributed by atoms with Gasteiger partial charge in [-0.25, -0.2) is 12.7 Å². The average molecular weight is 210 g/mol. The molecule has 0 aromatic carbocycles. The molecule has 0 rings (SSSR count). The summed E-state index contributed by atoms with van der Waals surface area (Å²) in [5.41, 5.74) is 0. The van der Waals surface area contributed by atoms with Gasteiger partial charge in [0, 0.05) is 20.1 Å². The number of aliphatic hydroxyl groups excluding tert-OH is 1. The minimum atomic E-state index is -3.18. The predicted octanol–water partition coefficient (Wildman–Crippen LogP) is -1.15. The molecule has 0 aliphatic heterocycles. The fourth-order valence-electron chi connectivity index (χ4n) is 0.814. The van der Waals surface area contributed by atoms with E-state index in [4.69, 9.17) is 5.11 Å². The third-order valence-electron chi connectivity index (χ3n) is 1.68. The molecule has 13 heavy (non-hydrogen) atoms. The van der Waals surface area contributed by atoms with Crippen molar-refractivity contribution in [1.29, 1.82) is 0 Å². The Morgan fingerprint density at radius 2 is 2.08 bits per heavy atom. The van der Waals surface area contributed by atoms with Crippen LogP contribution in [-0.2, 0) is 10.0 Å². The van der Waals surface area contributed by atoms with Crippen LogP contribution in [0.25, 0.3) is 0 Å². The predicted molar refractivity (Wildman–Crippen MR) is 52.0 cm³/mol. The van der Waals surface area contributed by atoms with Crippen molar-refractivity contribution in [2.45, 2.75) is 6.92 Å². The Balaban J connectivity index is 3.92. The van der Waals surface area contributed by atoms with Gasteiger partial charge >= 0.3 is 0 Å². The third-order valence-corrected chi connectivity index (χ3v) is 3.53. The first-order chi connectivity index (χ1) is 6.04. The van der Waals surface area contributed by atoms with Crippen molar-refractivity contribution in [2.75, 3.05) is 39.0 Å². The number of hydrogen-bond acceptors (Lipinski definition) is 4. The highest BCUT2D eigenvalue weighted by Gasteiger charge is 2.15. The zero-order valence-electron chi connectivity index (χ0n) is 8.15. The van der Waals surface area contributed by atoms with Crippen molar-refractivity contribution in [3.8, 4) is 0 Å². The summed E-state index contributed by atoms with van der Waals surface area (Å²) in [4.78, 5) is 0. The van der Waals surface area contributed by atoms with E-state index >= 15 is 0 Å². The summed E-state index contributed by atoms with van der Waals surface area (Å²) < 4.78 is 23.9. The normalized spacial score (nSPS) is 12.3. The highest BCUT2D eigenvalue weighted by atomic mass is 32.2. The second kappa shape index (κ2) is 6.31. The fourth-order valence-corrected chi connectivity index (χ4v) is 1.89. The lowest BCUT2D eigenvalue weighted by Crippen LogP contribution is -2.35. The third kappa shape index (κ3) is 5.20. The van der Waals surface area contributed by atoms with Gasteiger partial charge in [-0.3, -0.25) is 0 Å². The summed E-state index contributed by atoms with van der Waals surface area (Å²) in [5.74, 6) is 0.0807. The maximum absolute atomic E-state index is 11.4. The molecule has 0 aromatic rings. The van der Waals surface area contributed by atoms with E-state index in [1.54, 1.807) is 0 Å². The van der Waals surface area contributed by atoms with Crippen LogP contribution in [0.5, 0.6) is 0 Å². The molecule has 0 aromatic heterocycles. The zero-order chi connectivity index (χ0) is 10.3. The number of likely N-dealkylation sites (N-methyl/N-ethyl adjacent to an activating group) is 1. The number of rotatable bonds is 7. The molecule has 2 N–H and O–H groups in total. The monoisotopic (exact) mass is 210 g/mol.